The number of amides is 1. The summed E-state index contributed by atoms with van der Waals surface area (Å²) in [4.78, 5) is 12.6. The van der Waals surface area contributed by atoms with Gasteiger partial charge in [-0.05, 0) is 12.1 Å². The van der Waals surface area contributed by atoms with Crippen molar-refractivity contribution in [2.75, 3.05) is 23.8 Å². The third kappa shape index (κ3) is 3.21. The number of nitrogen functional groups attached to an aromatic ring is 1. The molecule has 0 bridgehead atoms. The Morgan fingerprint density at radius 3 is 2.90 bits per heavy atom. The molecule has 20 heavy (non-hydrogen) atoms. The van der Waals surface area contributed by atoms with Crippen molar-refractivity contribution in [3.8, 4) is 0 Å². The molecule has 0 aliphatic carbocycles. The van der Waals surface area contributed by atoms with E-state index in [1.54, 1.807) is 0 Å². The molecule has 0 fully saturated rings. The lowest BCUT2D eigenvalue weighted by Gasteiger charge is -2.03. The van der Waals surface area contributed by atoms with Gasteiger partial charge in [0.05, 0.1) is 5.69 Å². The van der Waals surface area contributed by atoms with Gasteiger partial charge in [0, 0.05) is 43.4 Å². The molecule has 0 saturated heterocycles. The molecular formula is C13H15BrN2O2S2. The minimum Gasteiger partial charge on any atom is -0.397 e. The Hall–Kier alpha value is -0.920. The molecular weight excluding hydrogens is 360 g/mol. The summed E-state index contributed by atoms with van der Waals surface area (Å²) in [6.45, 7) is 2.26. The molecule has 1 heterocycles. The van der Waals surface area contributed by atoms with Crippen molar-refractivity contribution < 1.29 is 9.00 Å². The molecule has 3 N–H and O–H groups in total. The van der Waals surface area contributed by atoms with Crippen LogP contribution in [0.1, 0.15) is 16.6 Å². The third-order valence-electron chi connectivity index (χ3n) is 2.84. The second-order valence-corrected chi connectivity index (χ2v) is 7.92. The molecule has 7 heteroatoms. The summed E-state index contributed by atoms with van der Waals surface area (Å²) < 4.78 is 13.2. The Morgan fingerprint density at radius 1 is 1.50 bits per heavy atom. The first kappa shape index (κ1) is 15.5. The number of carbonyl (C=O) groups is 1. The highest BCUT2D eigenvalue weighted by molar-refractivity contribution is 9.10. The highest BCUT2D eigenvalue weighted by Crippen LogP contribution is 2.37. The molecule has 1 atom stereocenters. The Balaban J connectivity index is 2.17. The molecule has 2 rings (SSSR count). The lowest BCUT2D eigenvalue weighted by Crippen LogP contribution is -2.27. The van der Waals surface area contributed by atoms with Gasteiger partial charge in [0.2, 0.25) is 0 Å². The van der Waals surface area contributed by atoms with Gasteiger partial charge in [-0.2, -0.15) is 0 Å². The maximum Gasteiger partial charge on any atom is 0.263 e. The van der Waals surface area contributed by atoms with Crippen LogP contribution in [-0.2, 0) is 10.8 Å². The molecule has 1 aromatic carbocycles. The minimum absolute atomic E-state index is 0.205. The van der Waals surface area contributed by atoms with Crippen LogP contribution in [0, 0.1) is 0 Å². The van der Waals surface area contributed by atoms with Gasteiger partial charge in [-0.15, -0.1) is 11.3 Å². The molecule has 0 radical (unpaired) electrons. The molecule has 1 aromatic heterocycles. The molecule has 4 nitrogen and oxygen atoms in total. The summed E-state index contributed by atoms with van der Waals surface area (Å²) in [6.07, 6.45) is 0. The molecule has 1 amide bonds. The second-order valence-electron chi connectivity index (χ2n) is 4.15. The van der Waals surface area contributed by atoms with Crippen molar-refractivity contribution in [2.24, 2.45) is 0 Å². The fourth-order valence-electron chi connectivity index (χ4n) is 1.80. The summed E-state index contributed by atoms with van der Waals surface area (Å²) >= 11 is 4.81. The van der Waals surface area contributed by atoms with E-state index in [-0.39, 0.29) is 5.91 Å². The van der Waals surface area contributed by atoms with E-state index in [0.717, 1.165) is 14.6 Å². The van der Waals surface area contributed by atoms with Crippen LogP contribution in [0.15, 0.2) is 22.7 Å². The average Bonchev–Trinajstić information content (AvgIpc) is 2.77. The fraction of sp³-hybridized carbons (Fsp3) is 0.308. The largest absolute Gasteiger partial charge is 0.397 e. The number of carbonyl (C=O) groups excluding carboxylic acids is 1. The summed E-state index contributed by atoms with van der Waals surface area (Å²) in [5, 5.41) is 3.64. The maximum absolute atomic E-state index is 12.1. The van der Waals surface area contributed by atoms with Crippen molar-refractivity contribution in [1.82, 2.24) is 5.32 Å². The van der Waals surface area contributed by atoms with Gasteiger partial charge in [-0.25, -0.2) is 0 Å². The summed E-state index contributed by atoms with van der Waals surface area (Å²) in [7, 11) is -0.874. The molecule has 0 aliphatic heterocycles. The van der Waals surface area contributed by atoms with E-state index >= 15 is 0 Å². The van der Waals surface area contributed by atoms with Crippen molar-refractivity contribution in [1.29, 1.82) is 0 Å². The number of thiophene rings is 1. The lowest BCUT2D eigenvalue weighted by molar-refractivity contribution is 0.0961. The number of nitrogens with one attached hydrogen (secondary N) is 1. The normalized spacial score (nSPS) is 12.5. The van der Waals surface area contributed by atoms with Crippen molar-refractivity contribution >= 4 is 59.7 Å². The number of anilines is 1. The van der Waals surface area contributed by atoms with Gasteiger partial charge in [-0.1, -0.05) is 28.9 Å². The van der Waals surface area contributed by atoms with Gasteiger partial charge in [-0.3, -0.25) is 9.00 Å². The average molecular weight is 375 g/mol. The Labute approximate surface area is 132 Å². The van der Waals surface area contributed by atoms with Crippen molar-refractivity contribution in [2.45, 2.75) is 6.92 Å². The molecule has 108 valence electrons. The van der Waals surface area contributed by atoms with E-state index in [1.807, 2.05) is 25.1 Å². The Bertz CT molecular complexity index is 670. The van der Waals surface area contributed by atoms with Crippen LogP contribution in [0.2, 0.25) is 0 Å². The standard InChI is InChI=1S/C13H15BrN2O2S2/c1-2-20(18)7-6-16-13(17)12-11(15)10-8(14)4-3-5-9(10)19-12/h3-5H,2,6-7,15H2,1H3,(H,16,17). The number of hydrogen-bond acceptors (Lipinski definition) is 4. The number of hydrogen-bond donors (Lipinski definition) is 2. The highest BCUT2D eigenvalue weighted by Gasteiger charge is 2.17. The lowest BCUT2D eigenvalue weighted by atomic mass is 10.2. The van der Waals surface area contributed by atoms with Crippen LogP contribution < -0.4 is 11.1 Å². The van der Waals surface area contributed by atoms with Gasteiger partial charge >= 0.3 is 0 Å². The van der Waals surface area contributed by atoms with Crippen LogP contribution in [-0.4, -0.2) is 28.2 Å². The first-order valence-electron chi connectivity index (χ1n) is 6.14. The number of rotatable bonds is 5. The molecule has 1 unspecified atom stereocenters. The van der Waals surface area contributed by atoms with E-state index < -0.39 is 10.8 Å². The monoisotopic (exact) mass is 374 g/mol. The van der Waals surface area contributed by atoms with Crippen LogP contribution in [0.25, 0.3) is 10.1 Å². The number of nitrogens with two attached hydrogens (primary N) is 1. The number of halogens is 1. The topological polar surface area (TPSA) is 72.2 Å². The predicted molar refractivity (Wildman–Crippen MR) is 89.8 cm³/mol. The molecule has 2 aromatic rings. The van der Waals surface area contributed by atoms with Crippen LogP contribution >= 0.6 is 27.3 Å². The van der Waals surface area contributed by atoms with Gasteiger partial charge in [0.1, 0.15) is 4.88 Å². The quantitative estimate of drug-likeness (QED) is 0.844. The maximum atomic E-state index is 12.1. The van der Waals surface area contributed by atoms with Crippen molar-refractivity contribution in [3.05, 3.63) is 27.5 Å². The Morgan fingerprint density at radius 2 is 2.25 bits per heavy atom. The second kappa shape index (κ2) is 6.69. The highest BCUT2D eigenvalue weighted by atomic mass is 79.9. The summed E-state index contributed by atoms with van der Waals surface area (Å²) in [5.41, 5.74) is 6.55. The van der Waals surface area contributed by atoms with Crippen LogP contribution in [0.4, 0.5) is 5.69 Å². The zero-order chi connectivity index (χ0) is 14.7. The SMILES string of the molecule is CCS(=O)CCNC(=O)c1sc2cccc(Br)c2c1N. The zero-order valence-electron chi connectivity index (χ0n) is 10.9. The van der Waals surface area contributed by atoms with Gasteiger partial charge in [0.25, 0.3) is 5.91 Å². The first-order valence-corrected chi connectivity index (χ1v) is 9.24. The fourth-order valence-corrected chi connectivity index (χ4v) is 4.20. The molecule has 0 aliphatic rings. The van der Waals surface area contributed by atoms with E-state index in [2.05, 4.69) is 21.2 Å². The van der Waals surface area contributed by atoms with Gasteiger partial charge < -0.3 is 11.1 Å². The molecule has 0 spiro atoms. The van der Waals surface area contributed by atoms with Crippen LogP contribution in [0.5, 0.6) is 0 Å². The zero-order valence-corrected chi connectivity index (χ0v) is 14.2. The molecule has 0 saturated carbocycles. The number of benzene rings is 1. The van der Waals surface area contributed by atoms with E-state index in [9.17, 15) is 9.00 Å². The van der Waals surface area contributed by atoms with E-state index in [0.29, 0.717) is 28.6 Å². The van der Waals surface area contributed by atoms with E-state index in [1.165, 1.54) is 11.3 Å². The van der Waals surface area contributed by atoms with Crippen molar-refractivity contribution in [3.63, 3.8) is 0 Å². The Kier molecular flexibility index (Phi) is 5.17. The summed E-state index contributed by atoms with van der Waals surface area (Å²) in [6, 6.07) is 5.75. The number of fused-ring (bicyclic) bond motifs is 1. The minimum atomic E-state index is -0.874. The summed E-state index contributed by atoms with van der Waals surface area (Å²) in [5.74, 6) is 0.869. The van der Waals surface area contributed by atoms with Crippen LogP contribution in [0.3, 0.4) is 0 Å². The third-order valence-corrected chi connectivity index (χ3v) is 5.98. The van der Waals surface area contributed by atoms with E-state index in [4.69, 9.17) is 5.73 Å². The van der Waals surface area contributed by atoms with Gasteiger partial charge in [0.15, 0.2) is 0 Å². The first-order chi connectivity index (χ1) is 9.54. The predicted octanol–water partition coefficient (Wildman–Crippen LogP) is 2.74. The smallest absolute Gasteiger partial charge is 0.263 e.